The lowest BCUT2D eigenvalue weighted by molar-refractivity contribution is 0.306. The number of anilines is 1. The van der Waals surface area contributed by atoms with Crippen LogP contribution in [0.3, 0.4) is 0 Å². The number of hydrogen-bond acceptors (Lipinski definition) is 4. The Kier molecular flexibility index (Phi) is 5.76. The predicted octanol–water partition coefficient (Wildman–Crippen LogP) is 3.31. The molecular weight excluding hydrogens is 342 g/mol. The summed E-state index contributed by atoms with van der Waals surface area (Å²) in [5.41, 5.74) is 1.39. The lowest BCUT2D eigenvalue weighted by Gasteiger charge is -2.11. The van der Waals surface area contributed by atoms with Gasteiger partial charge in [0.2, 0.25) is 0 Å². The van der Waals surface area contributed by atoms with Crippen LogP contribution in [-0.2, 0) is 13.2 Å². The van der Waals surface area contributed by atoms with E-state index in [2.05, 4.69) is 10.3 Å². The first-order valence-electron chi connectivity index (χ1n) is 8.88. The van der Waals surface area contributed by atoms with Crippen LogP contribution in [0.4, 0.5) is 5.82 Å². The molecule has 0 saturated heterocycles. The summed E-state index contributed by atoms with van der Waals surface area (Å²) in [4.78, 5) is 26.7. The number of hydrogen-bond donors (Lipinski definition) is 2. The second-order valence-corrected chi connectivity index (χ2v) is 6.56. The normalized spacial score (nSPS) is 10.8. The van der Waals surface area contributed by atoms with Gasteiger partial charge in [-0.15, -0.1) is 0 Å². The summed E-state index contributed by atoms with van der Waals surface area (Å²) in [6.45, 7) is 4.60. The van der Waals surface area contributed by atoms with Gasteiger partial charge in [0.1, 0.15) is 18.2 Å². The molecule has 0 unspecified atom stereocenters. The molecule has 2 N–H and O–H groups in total. The first-order valence-corrected chi connectivity index (χ1v) is 8.88. The van der Waals surface area contributed by atoms with Crippen molar-refractivity contribution in [2.24, 2.45) is 0 Å². The van der Waals surface area contributed by atoms with Crippen LogP contribution >= 0.6 is 0 Å². The number of aromatic amines is 1. The molecule has 3 aromatic rings. The van der Waals surface area contributed by atoms with Crippen LogP contribution < -0.4 is 21.3 Å². The average Bonchev–Trinajstić information content (AvgIpc) is 2.65. The van der Waals surface area contributed by atoms with Gasteiger partial charge >= 0.3 is 5.69 Å². The minimum absolute atomic E-state index is 0.182. The van der Waals surface area contributed by atoms with Crippen LogP contribution in [0.25, 0.3) is 0 Å². The Morgan fingerprint density at radius 3 is 2.33 bits per heavy atom. The van der Waals surface area contributed by atoms with E-state index in [1.165, 1.54) is 10.6 Å². The standard InChI is InChI=1S/C21H23N3O3/c1-15(2)24-20(25)12-19(23-21(24)26)22-13-16-8-10-18(11-9-16)27-14-17-6-4-3-5-7-17/h3-12,15,22H,13-14H2,1-2H3,(H,23,26). The first kappa shape index (κ1) is 18.5. The van der Waals surface area contributed by atoms with Gasteiger partial charge in [0.25, 0.3) is 5.56 Å². The van der Waals surface area contributed by atoms with E-state index in [1.54, 1.807) is 13.8 Å². The average molecular weight is 365 g/mol. The molecule has 27 heavy (non-hydrogen) atoms. The van der Waals surface area contributed by atoms with E-state index in [4.69, 9.17) is 4.74 Å². The van der Waals surface area contributed by atoms with Gasteiger partial charge in [-0.25, -0.2) is 4.79 Å². The molecule has 0 radical (unpaired) electrons. The third-order valence-electron chi connectivity index (χ3n) is 4.14. The largest absolute Gasteiger partial charge is 0.489 e. The maximum atomic E-state index is 12.0. The number of rotatable bonds is 7. The molecule has 3 rings (SSSR count). The highest BCUT2D eigenvalue weighted by Gasteiger charge is 2.07. The third kappa shape index (κ3) is 4.88. The molecule has 1 heterocycles. The minimum atomic E-state index is -0.412. The molecule has 140 valence electrons. The van der Waals surface area contributed by atoms with Crippen molar-refractivity contribution in [1.82, 2.24) is 9.55 Å². The Labute approximate surface area is 157 Å². The second kappa shape index (κ2) is 8.40. The van der Waals surface area contributed by atoms with Crippen LogP contribution in [0.5, 0.6) is 5.75 Å². The van der Waals surface area contributed by atoms with Gasteiger partial charge in [0.05, 0.1) is 0 Å². The summed E-state index contributed by atoms with van der Waals surface area (Å²) in [6, 6.07) is 18.9. The summed E-state index contributed by atoms with van der Waals surface area (Å²) in [5.74, 6) is 1.20. The molecule has 1 aromatic heterocycles. The highest BCUT2D eigenvalue weighted by Crippen LogP contribution is 2.15. The maximum Gasteiger partial charge on any atom is 0.330 e. The molecule has 0 fully saturated rings. The highest BCUT2D eigenvalue weighted by molar-refractivity contribution is 5.35. The van der Waals surface area contributed by atoms with Crippen LogP contribution in [0.2, 0.25) is 0 Å². The molecule has 0 aliphatic carbocycles. The number of benzene rings is 2. The molecule has 0 saturated carbocycles. The van der Waals surface area contributed by atoms with Crippen molar-refractivity contribution in [3.63, 3.8) is 0 Å². The van der Waals surface area contributed by atoms with E-state index in [1.807, 2.05) is 54.6 Å². The smallest absolute Gasteiger partial charge is 0.330 e. The Balaban J connectivity index is 1.59. The Morgan fingerprint density at radius 2 is 1.70 bits per heavy atom. The topological polar surface area (TPSA) is 76.1 Å². The molecule has 0 aliphatic rings. The van der Waals surface area contributed by atoms with Gasteiger partial charge in [-0.1, -0.05) is 42.5 Å². The molecule has 6 heteroatoms. The van der Waals surface area contributed by atoms with Crippen LogP contribution in [0.15, 0.2) is 70.3 Å². The van der Waals surface area contributed by atoms with E-state index in [0.29, 0.717) is 19.0 Å². The van der Waals surface area contributed by atoms with Crippen molar-refractivity contribution in [3.05, 3.63) is 92.6 Å². The van der Waals surface area contributed by atoms with Crippen LogP contribution in [0.1, 0.15) is 31.0 Å². The Hall–Kier alpha value is -3.28. The van der Waals surface area contributed by atoms with E-state index >= 15 is 0 Å². The number of nitrogens with one attached hydrogen (secondary N) is 2. The van der Waals surface area contributed by atoms with Gasteiger partial charge in [0, 0.05) is 18.7 Å². The molecule has 2 aromatic carbocycles. The van der Waals surface area contributed by atoms with E-state index < -0.39 is 5.69 Å². The Bertz CT molecular complexity index is 958. The highest BCUT2D eigenvalue weighted by atomic mass is 16.5. The molecule has 0 atom stereocenters. The zero-order chi connectivity index (χ0) is 19.2. The number of ether oxygens (including phenoxy) is 1. The molecule has 0 bridgehead atoms. The summed E-state index contributed by atoms with van der Waals surface area (Å²) in [7, 11) is 0. The Morgan fingerprint density at radius 1 is 1.00 bits per heavy atom. The van der Waals surface area contributed by atoms with Gasteiger partial charge in [-0.2, -0.15) is 0 Å². The van der Waals surface area contributed by atoms with Crippen molar-refractivity contribution >= 4 is 5.82 Å². The first-order chi connectivity index (χ1) is 13.0. The quantitative estimate of drug-likeness (QED) is 0.673. The monoisotopic (exact) mass is 365 g/mol. The zero-order valence-electron chi connectivity index (χ0n) is 15.4. The number of nitrogens with zero attached hydrogens (tertiary/aromatic N) is 1. The summed E-state index contributed by atoms with van der Waals surface area (Å²) in [5, 5.41) is 3.08. The van der Waals surface area contributed by atoms with Gasteiger partial charge in [-0.3, -0.25) is 14.3 Å². The third-order valence-corrected chi connectivity index (χ3v) is 4.14. The summed E-state index contributed by atoms with van der Waals surface area (Å²) in [6.07, 6.45) is 0. The minimum Gasteiger partial charge on any atom is -0.489 e. The van der Waals surface area contributed by atoms with Gasteiger partial charge < -0.3 is 10.1 Å². The molecule has 0 aliphatic heterocycles. The molecule has 0 amide bonds. The van der Waals surface area contributed by atoms with Crippen molar-refractivity contribution < 1.29 is 4.74 Å². The molecular formula is C21H23N3O3. The van der Waals surface area contributed by atoms with Gasteiger partial charge in [-0.05, 0) is 37.1 Å². The van der Waals surface area contributed by atoms with Crippen LogP contribution in [0, 0.1) is 0 Å². The maximum absolute atomic E-state index is 12.0. The van der Waals surface area contributed by atoms with Gasteiger partial charge in [0.15, 0.2) is 0 Å². The van der Waals surface area contributed by atoms with Crippen molar-refractivity contribution in [2.45, 2.75) is 33.0 Å². The van der Waals surface area contributed by atoms with E-state index in [9.17, 15) is 9.59 Å². The number of aromatic nitrogens is 2. The van der Waals surface area contributed by atoms with Crippen molar-refractivity contribution in [1.29, 1.82) is 0 Å². The summed E-state index contributed by atoms with van der Waals surface area (Å²) >= 11 is 0. The predicted molar refractivity (Wildman–Crippen MR) is 106 cm³/mol. The van der Waals surface area contributed by atoms with E-state index in [-0.39, 0.29) is 11.6 Å². The lowest BCUT2D eigenvalue weighted by Crippen LogP contribution is -2.36. The second-order valence-electron chi connectivity index (χ2n) is 6.56. The fourth-order valence-corrected chi connectivity index (χ4v) is 2.73. The van der Waals surface area contributed by atoms with Crippen molar-refractivity contribution in [2.75, 3.05) is 5.32 Å². The lowest BCUT2D eigenvalue weighted by atomic mass is 10.2. The van der Waals surface area contributed by atoms with Crippen molar-refractivity contribution in [3.8, 4) is 5.75 Å². The summed E-state index contributed by atoms with van der Waals surface area (Å²) < 4.78 is 6.95. The SMILES string of the molecule is CC(C)n1c(=O)cc(NCc2ccc(OCc3ccccc3)cc2)[nH]c1=O. The molecule has 6 nitrogen and oxygen atoms in total. The fourth-order valence-electron chi connectivity index (χ4n) is 2.73. The van der Waals surface area contributed by atoms with E-state index in [0.717, 1.165) is 16.9 Å². The molecule has 0 spiro atoms. The van der Waals surface area contributed by atoms with Crippen LogP contribution in [-0.4, -0.2) is 9.55 Å². The zero-order valence-corrected chi connectivity index (χ0v) is 15.4. The fraction of sp³-hybridized carbons (Fsp3) is 0.238. The number of H-pyrrole nitrogens is 1.